The van der Waals surface area contributed by atoms with Crippen LogP contribution in [0.25, 0.3) is 22.0 Å². The highest BCUT2D eigenvalue weighted by Gasteiger charge is 2.23. The third-order valence-corrected chi connectivity index (χ3v) is 6.20. The summed E-state index contributed by atoms with van der Waals surface area (Å²) in [6.07, 6.45) is 0. The summed E-state index contributed by atoms with van der Waals surface area (Å²) in [6.45, 7) is 4.58. The van der Waals surface area contributed by atoms with E-state index in [1.165, 1.54) is 5.39 Å². The molecule has 0 unspecified atom stereocenters. The second-order valence-electron chi connectivity index (χ2n) is 8.41. The zero-order valence-electron chi connectivity index (χ0n) is 19.4. The van der Waals surface area contributed by atoms with Crippen LogP contribution in [0.2, 0.25) is 0 Å². The van der Waals surface area contributed by atoms with Gasteiger partial charge in [0.15, 0.2) is 5.82 Å². The molecule has 1 saturated heterocycles. The van der Waals surface area contributed by atoms with Gasteiger partial charge < -0.3 is 19.9 Å². The molecule has 172 valence electrons. The van der Waals surface area contributed by atoms with Crippen molar-refractivity contribution in [2.45, 2.75) is 6.92 Å². The van der Waals surface area contributed by atoms with Gasteiger partial charge in [0.1, 0.15) is 5.75 Å². The molecule has 5 rings (SSSR count). The summed E-state index contributed by atoms with van der Waals surface area (Å²) in [5, 5.41) is 14.3. The van der Waals surface area contributed by atoms with Gasteiger partial charge in [-0.15, -0.1) is 10.2 Å². The van der Waals surface area contributed by atoms with Crippen molar-refractivity contribution in [1.29, 1.82) is 0 Å². The van der Waals surface area contributed by atoms with Crippen LogP contribution in [0.15, 0.2) is 72.8 Å². The number of hydrogen-bond donors (Lipinski definition) is 1. The fourth-order valence-corrected chi connectivity index (χ4v) is 4.34. The Morgan fingerprint density at radius 3 is 2.47 bits per heavy atom. The maximum atomic E-state index is 12.8. The SMILES string of the molecule is COc1ccc(C)cc1NC(=O)N1CCN(c2ccc(-c3cccc4ccccc34)nn2)CC1. The van der Waals surface area contributed by atoms with Crippen molar-refractivity contribution in [1.82, 2.24) is 15.1 Å². The molecule has 0 atom stereocenters. The van der Waals surface area contributed by atoms with Gasteiger partial charge in [0.05, 0.1) is 18.5 Å². The first-order valence-electron chi connectivity index (χ1n) is 11.4. The lowest BCUT2D eigenvalue weighted by Gasteiger charge is -2.35. The first-order chi connectivity index (χ1) is 16.6. The lowest BCUT2D eigenvalue weighted by atomic mass is 10.0. The van der Waals surface area contributed by atoms with Gasteiger partial charge >= 0.3 is 6.03 Å². The van der Waals surface area contributed by atoms with Gasteiger partial charge in [0, 0.05) is 31.7 Å². The predicted octanol–water partition coefficient (Wildman–Crippen LogP) is 4.97. The number of urea groups is 1. The number of ether oxygens (including phenoxy) is 1. The van der Waals surface area contributed by atoms with Crippen LogP contribution in [-0.2, 0) is 0 Å². The number of nitrogens with one attached hydrogen (secondary N) is 1. The van der Waals surface area contributed by atoms with Gasteiger partial charge in [-0.3, -0.25) is 0 Å². The van der Waals surface area contributed by atoms with E-state index < -0.39 is 0 Å². The number of anilines is 2. The number of nitrogens with zero attached hydrogens (tertiary/aromatic N) is 4. The van der Waals surface area contributed by atoms with Crippen LogP contribution >= 0.6 is 0 Å². The summed E-state index contributed by atoms with van der Waals surface area (Å²) in [4.78, 5) is 16.8. The second kappa shape index (κ2) is 9.39. The molecule has 1 aliphatic rings. The summed E-state index contributed by atoms with van der Waals surface area (Å²) >= 11 is 0. The Hall–Kier alpha value is -4.13. The van der Waals surface area contributed by atoms with E-state index in [-0.39, 0.29) is 6.03 Å². The van der Waals surface area contributed by atoms with E-state index in [1.807, 2.05) is 60.4 Å². The summed E-state index contributed by atoms with van der Waals surface area (Å²) in [6, 6.07) is 24.2. The first-order valence-corrected chi connectivity index (χ1v) is 11.4. The molecule has 2 heterocycles. The number of carbonyl (C=O) groups is 1. The Kier molecular flexibility index (Phi) is 5.99. The molecule has 4 aromatic rings. The lowest BCUT2D eigenvalue weighted by molar-refractivity contribution is 0.208. The van der Waals surface area contributed by atoms with E-state index in [0.29, 0.717) is 37.6 Å². The molecule has 1 aromatic heterocycles. The van der Waals surface area contributed by atoms with E-state index in [0.717, 1.165) is 28.0 Å². The molecular formula is C27H27N5O2. The minimum Gasteiger partial charge on any atom is -0.495 e. The number of carbonyl (C=O) groups excluding carboxylic acids is 1. The molecule has 2 amide bonds. The van der Waals surface area contributed by atoms with Crippen LogP contribution in [0, 0.1) is 6.92 Å². The van der Waals surface area contributed by atoms with E-state index in [4.69, 9.17) is 4.74 Å². The summed E-state index contributed by atoms with van der Waals surface area (Å²) in [7, 11) is 1.60. The molecule has 1 aliphatic heterocycles. The Labute approximate surface area is 199 Å². The summed E-state index contributed by atoms with van der Waals surface area (Å²) in [5.74, 6) is 1.48. The van der Waals surface area contributed by atoms with Gasteiger partial charge in [-0.2, -0.15) is 0 Å². The number of fused-ring (bicyclic) bond motifs is 1. The Morgan fingerprint density at radius 1 is 0.912 bits per heavy atom. The van der Waals surface area contributed by atoms with Crippen LogP contribution in [0.4, 0.5) is 16.3 Å². The molecule has 0 bridgehead atoms. The van der Waals surface area contributed by atoms with Crippen LogP contribution < -0.4 is 15.0 Å². The summed E-state index contributed by atoms with van der Waals surface area (Å²) < 4.78 is 5.37. The molecule has 0 aliphatic carbocycles. The molecule has 7 heteroatoms. The van der Waals surface area contributed by atoms with Crippen LogP contribution in [0.3, 0.4) is 0 Å². The highest BCUT2D eigenvalue weighted by Crippen LogP contribution is 2.28. The smallest absolute Gasteiger partial charge is 0.322 e. The average Bonchev–Trinajstić information content (AvgIpc) is 2.89. The fourth-order valence-electron chi connectivity index (χ4n) is 4.34. The number of amides is 2. The topological polar surface area (TPSA) is 70.6 Å². The van der Waals surface area contributed by atoms with Gasteiger partial charge in [-0.25, -0.2) is 4.79 Å². The predicted molar refractivity (Wildman–Crippen MR) is 136 cm³/mol. The highest BCUT2D eigenvalue weighted by molar-refractivity contribution is 5.95. The van der Waals surface area contributed by atoms with Crippen molar-refractivity contribution in [2.24, 2.45) is 0 Å². The minimum absolute atomic E-state index is 0.124. The van der Waals surface area contributed by atoms with Crippen molar-refractivity contribution in [3.8, 4) is 17.0 Å². The first kappa shape index (κ1) is 21.7. The van der Waals surface area contributed by atoms with Gasteiger partial charge in [-0.05, 0) is 47.5 Å². The molecule has 1 fully saturated rings. The van der Waals surface area contributed by atoms with Crippen LogP contribution in [-0.4, -0.2) is 54.4 Å². The molecule has 1 N–H and O–H groups in total. The van der Waals surface area contributed by atoms with E-state index in [9.17, 15) is 4.79 Å². The molecule has 0 saturated carbocycles. The Bertz CT molecular complexity index is 1310. The third kappa shape index (κ3) is 4.37. The molecular weight excluding hydrogens is 426 g/mol. The van der Waals surface area contributed by atoms with Gasteiger partial charge in [0.25, 0.3) is 0 Å². The molecule has 7 nitrogen and oxygen atoms in total. The van der Waals surface area contributed by atoms with Crippen molar-refractivity contribution >= 4 is 28.3 Å². The molecule has 0 spiro atoms. The van der Waals surface area contributed by atoms with E-state index in [1.54, 1.807) is 7.11 Å². The van der Waals surface area contributed by atoms with Crippen molar-refractivity contribution in [2.75, 3.05) is 43.5 Å². The standard InChI is InChI=1S/C27H27N5O2/c1-19-10-12-25(34-2)24(18-19)28-27(33)32-16-14-31(15-17-32)26-13-11-23(29-30-26)22-9-5-7-20-6-3-4-8-21(20)22/h3-13,18H,14-17H2,1-2H3,(H,28,33). The minimum atomic E-state index is -0.124. The zero-order chi connectivity index (χ0) is 23.5. The maximum Gasteiger partial charge on any atom is 0.322 e. The molecule has 0 radical (unpaired) electrons. The van der Waals surface area contributed by atoms with E-state index >= 15 is 0 Å². The third-order valence-electron chi connectivity index (χ3n) is 6.20. The number of rotatable bonds is 4. The van der Waals surface area contributed by atoms with E-state index in [2.05, 4.69) is 44.7 Å². The number of benzene rings is 3. The van der Waals surface area contributed by atoms with Gasteiger partial charge in [-0.1, -0.05) is 48.5 Å². The lowest BCUT2D eigenvalue weighted by Crippen LogP contribution is -2.50. The monoisotopic (exact) mass is 453 g/mol. The largest absolute Gasteiger partial charge is 0.495 e. The number of piperazine rings is 1. The normalized spacial score (nSPS) is 13.7. The quantitative estimate of drug-likeness (QED) is 0.473. The zero-order valence-corrected chi connectivity index (χ0v) is 19.4. The van der Waals surface area contributed by atoms with Crippen molar-refractivity contribution in [3.63, 3.8) is 0 Å². The van der Waals surface area contributed by atoms with Gasteiger partial charge in [0.2, 0.25) is 0 Å². The Morgan fingerprint density at radius 2 is 1.71 bits per heavy atom. The number of methoxy groups -OCH3 is 1. The fraction of sp³-hybridized carbons (Fsp3) is 0.222. The second-order valence-corrected chi connectivity index (χ2v) is 8.41. The average molecular weight is 454 g/mol. The van der Waals surface area contributed by atoms with Crippen LogP contribution in [0.5, 0.6) is 5.75 Å². The Balaban J connectivity index is 1.24. The van der Waals surface area contributed by atoms with Crippen molar-refractivity contribution in [3.05, 3.63) is 78.4 Å². The molecule has 34 heavy (non-hydrogen) atoms. The highest BCUT2D eigenvalue weighted by atomic mass is 16.5. The summed E-state index contributed by atoms with van der Waals surface area (Å²) in [5.41, 5.74) is 3.67. The van der Waals surface area contributed by atoms with Crippen LogP contribution in [0.1, 0.15) is 5.56 Å². The number of aromatic nitrogens is 2. The number of aryl methyl sites for hydroxylation is 1. The number of hydrogen-bond acceptors (Lipinski definition) is 5. The van der Waals surface area contributed by atoms with Crippen molar-refractivity contribution < 1.29 is 9.53 Å². The molecule has 3 aromatic carbocycles. The maximum absolute atomic E-state index is 12.8.